The van der Waals surface area contributed by atoms with Gasteiger partial charge >= 0.3 is 6.15 Å². The highest BCUT2D eigenvalue weighted by molar-refractivity contribution is 5.35. The molecule has 0 aliphatic rings. The van der Waals surface area contributed by atoms with Gasteiger partial charge in [-0.1, -0.05) is 0 Å². The summed E-state index contributed by atoms with van der Waals surface area (Å²) in [4.78, 5) is 27.5. The van der Waals surface area contributed by atoms with E-state index in [9.17, 15) is 0 Å². The Balaban J connectivity index is -0.0000000131. The molecule has 0 unspecified atom stereocenters. The van der Waals surface area contributed by atoms with Crippen molar-refractivity contribution in [1.29, 1.82) is 0 Å². The Hall–Kier alpha value is -1.31. The molecule has 0 bridgehead atoms. The van der Waals surface area contributed by atoms with Crippen molar-refractivity contribution in [3.8, 4) is 0 Å². The number of carbonyl (C=O) groups is 1. The quantitative estimate of drug-likeness (QED) is 0.161. The molecule has 0 saturated heterocycles. The van der Waals surface area contributed by atoms with Crippen LogP contribution in [0.2, 0.25) is 0 Å². The molecule has 0 aromatic carbocycles. The molecule has 0 amide bonds. The average molecular weight is 160 g/mol. The van der Waals surface area contributed by atoms with E-state index < -0.39 is 0 Å². The van der Waals surface area contributed by atoms with Crippen LogP contribution in [-0.4, -0.2) is 23.6 Å². The van der Waals surface area contributed by atoms with E-state index in [4.69, 9.17) is 19.6 Å². The third-order valence-corrected chi connectivity index (χ3v) is 0.0393. The lowest BCUT2D eigenvalue weighted by Crippen LogP contribution is -2.00. The highest BCUT2D eigenvalue weighted by Gasteiger charge is 1.34. The summed E-state index contributed by atoms with van der Waals surface area (Å²) < 4.78 is 0. The lowest BCUT2D eigenvalue weighted by Gasteiger charge is -1.88. The predicted molar refractivity (Wildman–Crippen MR) is 24.3 cm³/mol. The topological polar surface area (TPSA) is 179 Å². The van der Waals surface area contributed by atoms with Gasteiger partial charge in [-0.3, -0.25) is 4.79 Å². The molecule has 0 heterocycles. The normalized spacial score (nSPS) is 2.90. The molecular weight excluding hydrogens is 152 g/mol. The van der Waals surface area contributed by atoms with Crippen molar-refractivity contribution in [3.05, 3.63) is 0 Å². The molecular formula is C2H8O8. The van der Waals surface area contributed by atoms with Crippen LogP contribution in [0.4, 0.5) is 0 Å². The van der Waals surface area contributed by atoms with Gasteiger partial charge in [0, 0.05) is 0 Å². The number of hydrogen-bond donors (Lipinski definition) is 0. The van der Waals surface area contributed by atoms with Crippen LogP contribution in [0.25, 0.3) is 0 Å². The molecule has 8 heteroatoms. The molecule has 0 aromatic rings. The van der Waals surface area contributed by atoms with Gasteiger partial charge in [0.05, 0.1) is 0 Å². The molecule has 8 nitrogen and oxygen atoms in total. The van der Waals surface area contributed by atoms with E-state index in [0.29, 0.717) is 0 Å². The van der Waals surface area contributed by atoms with Gasteiger partial charge in [0.15, 0.2) is 0 Å². The lowest BCUT2D eigenvalue weighted by atomic mass is 11.7. The van der Waals surface area contributed by atoms with E-state index in [1.807, 2.05) is 0 Å². The molecule has 0 aliphatic heterocycles. The molecule has 64 valence electrons. The molecule has 0 rings (SSSR count). The van der Waals surface area contributed by atoms with Crippen LogP contribution in [0.5, 0.6) is 0 Å². The van der Waals surface area contributed by atoms with Crippen molar-refractivity contribution in [3.63, 3.8) is 0 Å². The van der Waals surface area contributed by atoms with Crippen molar-refractivity contribution >= 4 is 12.6 Å². The largest absolute Gasteiger partial charge is 0.662 e. The fourth-order valence-corrected chi connectivity index (χ4v) is 0. The van der Waals surface area contributed by atoms with Gasteiger partial charge in [0.2, 0.25) is 0 Å². The summed E-state index contributed by atoms with van der Waals surface area (Å²) in [6.07, 6.45) is 0.250. The van der Waals surface area contributed by atoms with E-state index in [-0.39, 0.29) is 29.1 Å². The lowest BCUT2D eigenvalue weighted by molar-refractivity contribution is -0.652. The maximum atomic E-state index is 8.64. The smallest absolute Gasteiger partial charge is 0.373 e. The summed E-state index contributed by atoms with van der Waals surface area (Å²) in [6, 6.07) is 0. The number of carbonyl (C=O) groups excluding carboxylic acids is 3. The molecule has 0 saturated carbocycles. The zero-order valence-corrected chi connectivity index (χ0v) is 4.70. The summed E-state index contributed by atoms with van der Waals surface area (Å²) in [5.74, 6) is 0. The monoisotopic (exact) mass is 160 g/mol. The number of hydrogen-bond acceptors (Lipinski definition) is 5. The van der Waals surface area contributed by atoms with Crippen LogP contribution in [0, 0.1) is 0 Å². The van der Waals surface area contributed by atoms with Crippen LogP contribution in [0.15, 0.2) is 0 Å². The minimum Gasteiger partial charge on any atom is -0.662 e. The van der Waals surface area contributed by atoms with Gasteiger partial charge in [0.1, 0.15) is 0 Å². The van der Waals surface area contributed by atoms with Crippen LogP contribution in [0.1, 0.15) is 0 Å². The first-order valence-corrected chi connectivity index (χ1v) is 1.05. The van der Waals surface area contributed by atoms with Crippen LogP contribution in [0.3, 0.4) is 0 Å². The van der Waals surface area contributed by atoms with Crippen LogP contribution < -0.4 is 5.26 Å². The summed E-state index contributed by atoms with van der Waals surface area (Å²) >= 11 is 0. The molecule has 7 N–H and O–H groups in total. The Morgan fingerprint density at radius 3 is 1.40 bits per heavy atom. The minimum absolute atomic E-state index is 0. The molecule has 0 aliphatic carbocycles. The summed E-state index contributed by atoms with van der Waals surface area (Å²) in [5, 5.41) is 8.43. The van der Waals surface area contributed by atoms with E-state index in [1.165, 1.54) is 0 Å². The average Bonchev–Trinajstić information content (AvgIpc) is 1.69. The zero-order chi connectivity index (χ0) is 6.12. The number of rotatable bonds is 1. The van der Waals surface area contributed by atoms with Crippen molar-refractivity contribution in [1.82, 2.24) is 0 Å². The van der Waals surface area contributed by atoms with E-state index in [2.05, 4.69) is 4.89 Å². The van der Waals surface area contributed by atoms with Gasteiger partial charge in [0.25, 0.3) is 6.47 Å². The van der Waals surface area contributed by atoms with Crippen molar-refractivity contribution < 1.29 is 41.0 Å². The molecule has 10 heavy (non-hydrogen) atoms. The van der Waals surface area contributed by atoms with Crippen molar-refractivity contribution in [2.24, 2.45) is 0 Å². The Bertz CT molecular complexity index is 61.7. The molecule has 0 aromatic heterocycles. The molecule has 0 spiro atoms. The Morgan fingerprint density at radius 2 is 1.40 bits per heavy atom. The van der Waals surface area contributed by atoms with Crippen LogP contribution >= 0.6 is 0 Å². The van der Waals surface area contributed by atoms with E-state index in [0.717, 1.165) is 0 Å². The summed E-state index contributed by atoms with van der Waals surface area (Å²) in [5.41, 5.74) is 0. The van der Waals surface area contributed by atoms with E-state index >= 15 is 0 Å². The van der Waals surface area contributed by atoms with E-state index in [1.54, 1.807) is 0 Å². The van der Waals surface area contributed by atoms with Gasteiger partial charge in [-0.05, 0) is 0 Å². The van der Waals surface area contributed by atoms with Crippen LogP contribution in [-0.2, 0) is 24.7 Å². The summed E-state index contributed by atoms with van der Waals surface area (Å²) in [6.45, 7) is -0.181. The molecule has 0 atom stereocenters. The Labute approximate surface area is 54.9 Å². The standard InChI is InChI=1S/CH2O3.CO2.3H2O/c2-1-4-3;2-1-3;;;/h1,3H;;3*1H2. The van der Waals surface area contributed by atoms with Crippen molar-refractivity contribution in [2.75, 3.05) is 0 Å². The van der Waals surface area contributed by atoms with Gasteiger partial charge < -0.3 is 26.6 Å². The second-order valence-electron chi connectivity index (χ2n) is 0.276. The predicted octanol–water partition coefficient (Wildman–Crippen LogP) is -4.72. The second kappa shape index (κ2) is 121. The Kier molecular flexibility index (Phi) is 455. The first-order valence-electron chi connectivity index (χ1n) is 1.05. The third-order valence-electron chi connectivity index (χ3n) is 0.0393. The van der Waals surface area contributed by atoms with Crippen molar-refractivity contribution in [2.45, 2.75) is 0 Å². The fraction of sp³-hybridized carbons (Fsp3) is 0. The third kappa shape index (κ3) is 2250. The molecule has 0 fully saturated rings. The summed E-state index contributed by atoms with van der Waals surface area (Å²) in [7, 11) is 0. The second-order valence-corrected chi connectivity index (χ2v) is 0.276. The first-order chi connectivity index (χ1) is 3.33. The minimum atomic E-state index is -0.181. The maximum absolute atomic E-state index is 8.64. The fourth-order valence-electron chi connectivity index (χ4n) is 0. The highest BCUT2D eigenvalue weighted by Crippen LogP contribution is 1.22. The van der Waals surface area contributed by atoms with Gasteiger partial charge in [-0.25, -0.2) is 0 Å². The first kappa shape index (κ1) is 37.7. The molecule has 0 radical (unpaired) electrons. The highest BCUT2D eigenvalue weighted by atomic mass is 17.1. The zero-order valence-electron chi connectivity index (χ0n) is 4.70. The Morgan fingerprint density at radius 1 is 1.30 bits per heavy atom. The maximum Gasteiger partial charge on any atom is 0.373 e. The van der Waals surface area contributed by atoms with Gasteiger partial charge in [-0.2, -0.15) is 9.59 Å². The van der Waals surface area contributed by atoms with Gasteiger partial charge in [-0.15, -0.1) is 0 Å². The SMILES string of the molecule is O.O.O=C=O.O=CO[O-].[OH3+].